The second-order valence-corrected chi connectivity index (χ2v) is 7.46. The molecule has 4 atom stereocenters. The monoisotopic (exact) mass is 302 g/mol. The van der Waals surface area contributed by atoms with Gasteiger partial charge >= 0.3 is 0 Å². The summed E-state index contributed by atoms with van der Waals surface area (Å²) in [6.45, 7) is 16.0. The van der Waals surface area contributed by atoms with Gasteiger partial charge in [0, 0.05) is 0 Å². The lowest BCUT2D eigenvalue weighted by atomic mass is 9.60. The number of hydrogen-bond acceptors (Lipinski definition) is 2. The van der Waals surface area contributed by atoms with Crippen LogP contribution in [0.5, 0.6) is 0 Å². The van der Waals surface area contributed by atoms with Crippen LogP contribution in [0, 0.1) is 11.8 Å². The van der Waals surface area contributed by atoms with E-state index in [-0.39, 0.29) is 11.8 Å². The second kappa shape index (κ2) is 5.82. The first-order valence-corrected chi connectivity index (χ1v) is 8.22. The molecule has 0 saturated carbocycles. The lowest BCUT2D eigenvalue weighted by Gasteiger charge is -2.51. The van der Waals surface area contributed by atoms with Crippen LogP contribution in [0.3, 0.4) is 0 Å². The molecule has 2 rings (SSSR count). The molecule has 22 heavy (non-hydrogen) atoms. The Bertz CT molecular complexity index is 504. The number of hydrogen-bond donors (Lipinski definition) is 2. The maximum absolute atomic E-state index is 11.5. The van der Waals surface area contributed by atoms with Gasteiger partial charge in [-0.2, -0.15) is 0 Å². The Kier molecular flexibility index (Phi) is 4.56. The molecule has 122 valence electrons. The maximum atomic E-state index is 11.5. The quantitative estimate of drug-likeness (QED) is 0.763. The maximum Gasteiger partial charge on any atom is 0.118 e. The molecular formula is C20H30O2. The molecule has 2 aliphatic carbocycles. The Morgan fingerprint density at radius 2 is 1.23 bits per heavy atom. The van der Waals surface area contributed by atoms with Crippen LogP contribution in [0.1, 0.15) is 53.4 Å². The molecule has 0 heterocycles. The van der Waals surface area contributed by atoms with Crippen LogP contribution >= 0.6 is 0 Å². The third kappa shape index (κ3) is 2.63. The third-order valence-electron chi connectivity index (χ3n) is 5.88. The molecule has 2 N–H and O–H groups in total. The van der Waals surface area contributed by atoms with Crippen molar-refractivity contribution >= 4 is 0 Å². The Balaban J connectivity index is 2.45. The molecular weight excluding hydrogens is 272 g/mol. The summed E-state index contributed by atoms with van der Waals surface area (Å²) in [6.07, 6.45) is 7.00. The fourth-order valence-electron chi connectivity index (χ4n) is 3.92. The van der Waals surface area contributed by atoms with E-state index < -0.39 is 11.2 Å². The van der Waals surface area contributed by atoms with E-state index in [1.165, 1.54) is 0 Å². The SMILES string of the molecule is C=C(C)[C@@H]1CC=C(C)[C@](O)([C@]2(O)C[C@@H](C(=C)C)CC=C2C)C1. The molecule has 0 aromatic carbocycles. The van der Waals surface area contributed by atoms with Gasteiger partial charge in [0.1, 0.15) is 11.2 Å². The van der Waals surface area contributed by atoms with Crippen molar-refractivity contribution in [2.24, 2.45) is 11.8 Å². The minimum Gasteiger partial charge on any atom is -0.382 e. The van der Waals surface area contributed by atoms with Gasteiger partial charge in [-0.3, -0.25) is 0 Å². The predicted molar refractivity (Wildman–Crippen MR) is 92.5 cm³/mol. The van der Waals surface area contributed by atoms with Crippen molar-refractivity contribution in [3.05, 3.63) is 47.6 Å². The highest BCUT2D eigenvalue weighted by Gasteiger charge is 2.55. The first-order chi connectivity index (χ1) is 10.1. The summed E-state index contributed by atoms with van der Waals surface area (Å²) in [5.74, 6) is 0.437. The average Bonchev–Trinajstić information content (AvgIpc) is 2.44. The zero-order valence-corrected chi connectivity index (χ0v) is 14.4. The van der Waals surface area contributed by atoms with E-state index in [4.69, 9.17) is 0 Å². The fourth-order valence-corrected chi connectivity index (χ4v) is 3.92. The molecule has 0 aromatic rings. The number of rotatable bonds is 3. The van der Waals surface area contributed by atoms with Gasteiger partial charge in [-0.1, -0.05) is 36.5 Å². The first-order valence-electron chi connectivity index (χ1n) is 8.22. The molecule has 0 aliphatic heterocycles. The van der Waals surface area contributed by atoms with Crippen molar-refractivity contribution in [1.82, 2.24) is 0 Å². The van der Waals surface area contributed by atoms with E-state index in [9.17, 15) is 10.2 Å². The van der Waals surface area contributed by atoms with Gasteiger partial charge in [0.2, 0.25) is 0 Å². The van der Waals surface area contributed by atoms with Crippen molar-refractivity contribution in [2.75, 3.05) is 0 Å². The van der Waals surface area contributed by atoms with Crippen molar-refractivity contribution < 1.29 is 10.2 Å². The second-order valence-electron chi connectivity index (χ2n) is 7.46. The first kappa shape index (κ1) is 17.2. The van der Waals surface area contributed by atoms with Crippen LogP contribution in [0.4, 0.5) is 0 Å². The summed E-state index contributed by atoms with van der Waals surface area (Å²) in [5, 5.41) is 23.0. The van der Waals surface area contributed by atoms with Gasteiger partial charge in [0.15, 0.2) is 0 Å². The molecule has 2 heteroatoms. The van der Waals surface area contributed by atoms with Gasteiger partial charge in [0.05, 0.1) is 0 Å². The topological polar surface area (TPSA) is 40.5 Å². The molecule has 0 amide bonds. The third-order valence-corrected chi connectivity index (χ3v) is 5.88. The highest BCUT2D eigenvalue weighted by atomic mass is 16.4. The molecule has 0 saturated heterocycles. The van der Waals surface area contributed by atoms with E-state index >= 15 is 0 Å². The van der Waals surface area contributed by atoms with Crippen LogP contribution in [0.25, 0.3) is 0 Å². The predicted octanol–water partition coefficient (Wildman–Crippen LogP) is 4.31. The van der Waals surface area contributed by atoms with Gasteiger partial charge in [-0.25, -0.2) is 0 Å². The van der Waals surface area contributed by atoms with E-state index in [2.05, 4.69) is 25.3 Å². The lowest BCUT2D eigenvalue weighted by molar-refractivity contribution is -0.130. The summed E-state index contributed by atoms with van der Waals surface area (Å²) in [4.78, 5) is 0. The Morgan fingerprint density at radius 1 is 0.909 bits per heavy atom. The molecule has 0 radical (unpaired) electrons. The van der Waals surface area contributed by atoms with Crippen molar-refractivity contribution in [1.29, 1.82) is 0 Å². The standard InChI is InChI=1S/C20H30O2/c1-13(2)17-9-7-15(5)19(21,11-17)20(22)12-18(14(3)4)10-8-16(20)6/h7-8,17-18,21-22H,1,3,9-12H2,2,4-6H3/t17-,18+,19-,20-/m0/s1. The van der Waals surface area contributed by atoms with Gasteiger partial charge in [-0.15, -0.1) is 0 Å². The molecule has 0 bridgehead atoms. The molecule has 0 aromatic heterocycles. The van der Waals surface area contributed by atoms with Crippen LogP contribution in [0.15, 0.2) is 47.6 Å². The Labute approximate surface area is 134 Å². The largest absolute Gasteiger partial charge is 0.382 e. The average molecular weight is 302 g/mol. The van der Waals surface area contributed by atoms with E-state index in [0.717, 1.165) is 35.1 Å². The molecule has 0 fully saturated rings. The van der Waals surface area contributed by atoms with E-state index in [1.54, 1.807) is 0 Å². The molecule has 2 nitrogen and oxygen atoms in total. The van der Waals surface area contributed by atoms with Crippen molar-refractivity contribution in [3.63, 3.8) is 0 Å². The van der Waals surface area contributed by atoms with Gasteiger partial charge < -0.3 is 10.2 Å². The summed E-state index contributed by atoms with van der Waals surface area (Å²) >= 11 is 0. The zero-order valence-electron chi connectivity index (χ0n) is 14.4. The number of aliphatic hydroxyl groups is 2. The Morgan fingerprint density at radius 3 is 1.50 bits per heavy atom. The zero-order chi connectivity index (χ0) is 16.7. The lowest BCUT2D eigenvalue weighted by Crippen LogP contribution is -2.59. The fraction of sp³-hybridized carbons (Fsp3) is 0.600. The van der Waals surface area contributed by atoms with Crippen LogP contribution in [-0.2, 0) is 0 Å². The summed E-state index contributed by atoms with van der Waals surface area (Å²) < 4.78 is 0. The summed E-state index contributed by atoms with van der Waals surface area (Å²) in [5.41, 5.74) is 1.46. The normalized spacial score (nSPS) is 39.0. The minimum absolute atomic E-state index is 0.218. The van der Waals surface area contributed by atoms with Crippen LogP contribution in [-0.4, -0.2) is 21.4 Å². The minimum atomic E-state index is -1.22. The Hall–Kier alpha value is -1.12. The van der Waals surface area contributed by atoms with Gasteiger partial charge in [-0.05, 0) is 76.4 Å². The van der Waals surface area contributed by atoms with Gasteiger partial charge in [0.25, 0.3) is 0 Å². The smallest absolute Gasteiger partial charge is 0.118 e. The van der Waals surface area contributed by atoms with E-state index in [1.807, 2.05) is 27.7 Å². The highest BCUT2D eigenvalue weighted by molar-refractivity contribution is 5.37. The number of allylic oxidation sites excluding steroid dienone is 4. The van der Waals surface area contributed by atoms with Crippen molar-refractivity contribution in [2.45, 2.75) is 64.6 Å². The van der Waals surface area contributed by atoms with Crippen LogP contribution in [0.2, 0.25) is 0 Å². The molecule has 2 aliphatic rings. The van der Waals surface area contributed by atoms with E-state index in [0.29, 0.717) is 12.8 Å². The molecule has 0 unspecified atom stereocenters. The summed E-state index contributed by atoms with van der Waals surface area (Å²) in [7, 11) is 0. The molecule has 0 spiro atoms. The van der Waals surface area contributed by atoms with Crippen molar-refractivity contribution in [3.8, 4) is 0 Å². The highest BCUT2D eigenvalue weighted by Crippen LogP contribution is 2.50. The summed E-state index contributed by atoms with van der Waals surface area (Å²) in [6, 6.07) is 0. The van der Waals surface area contributed by atoms with Crippen LogP contribution < -0.4 is 0 Å².